The summed E-state index contributed by atoms with van der Waals surface area (Å²) in [6.45, 7) is 4.39. The first-order chi connectivity index (χ1) is 14.0. The van der Waals surface area contributed by atoms with Gasteiger partial charge in [0.25, 0.3) is 5.91 Å². The number of nitrogens with one attached hydrogen (secondary N) is 1. The van der Waals surface area contributed by atoms with Crippen LogP contribution in [0.3, 0.4) is 0 Å². The van der Waals surface area contributed by atoms with Crippen molar-refractivity contribution in [2.45, 2.75) is 20.3 Å². The molecule has 0 aliphatic rings. The van der Waals surface area contributed by atoms with Crippen molar-refractivity contribution in [2.75, 3.05) is 32.2 Å². The summed E-state index contributed by atoms with van der Waals surface area (Å²) in [5, 5.41) is 2.67. The molecule has 2 rings (SSSR count). The number of anilines is 1. The average Bonchev–Trinajstić information content (AvgIpc) is 2.72. The van der Waals surface area contributed by atoms with Gasteiger partial charge in [-0.05, 0) is 53.5 Å². The number of para-hydroxylation sites is 2. The van der Waals surface area contributed by atoms with Crippen molar-refractivity contribution in [1.82, 2.24) is 0 Å². The van der Waals surface area contributed by atoms with Gasteiger partial charge in [0.2, 0.25) is 0 Å². The Kier molecular flexibility index (Phi) is 8.79. The Morgan fingerprint density at radius 3 is 2.52 bits per heavy atom. The van der Waals surface area contributed by atoms with Crippen LogP contribution in [0.4, 0.5) is 5.69 Å². The number of halogens is 1. The number of hydrogen-bond acceptors (Lipinski definition) is 6. The smallest absolute Gasteiger partial charge is 0.338 e. The summed E-state index contributed by atoms with van der Waals surface area (Å²) in [5.41, 5.74) is 0.748. The maximum atomic E-state index is 12.4. The normalized spacial score (nSPS) is 10.2. The van der Waals surface area contributed by atoms with Gasteiger partial charge in [0.05, 0.1) is 36.0 Å². The van der Waals surface area contributed by atoms with E-state index in [1.54, 1.807) is 30.3 Å². The topological polar surface area (TPSA) is 83.1 Å². The first kappa shape index (κ1) is 22.5. The minimum absolute atomic E-state index is 0.236. The lowest BCUT2D eigenvalue weighted by Crippen LogP contribution is -2.21. The minimum Gasteiger partial charge on any atom is -0.493 e. The van der Waals surface area contributed by atoms with E-state index < -0.39 is 18.5 Å². The molecule has 8 heteroatoms. The van der Waals surface area contributed by atoms with Crippen molar-refractivity contribution >= 4 is 33.5 Å². The van der Waals surface area contributed by atoms with Crippen LogP contribution < -0.4 is 19.5 Å². The fourth-order valence-corrected chi connectivity index (χ4v) is 2.99. The number of esters is 1. The largest absolute Gasteiger partial charge is 0.493 e. The van der Waals surface area contributed by atoms with Crippen molar-refractivity contribution in [1.29, 1.82) is 0 Å². The van der Waals surface area contributed by atoms with Crippen LogP contribution >= 0.6 is 15.9 Å². The summed E-state index contributed by atoms with van der Waals surface area (Å²) >= 11 is 3.38. The third-order valence-electron chi connectivity index (χ3n) is 3.71. The highest BCUT2D eigenvalue weighted by atomic mass is 79.9. The molecular formula is C21H24BrNO6. The summed E-state index contributed by atoms with van der Waals surface area (Å²) in [4.78, 5) is 24.5. The van der Waals surface area contributed by atoms with Crippen LogP contribution in [0, 0.1) is 0 Å². The molecule has 156 valence electrons. The second kappa shape index (κ2) is 11.3. The van der Waals surface area contributed by atoms with Gasteiger partial charge in [-0.15, -0.1) is 0 Å². The molecule has 0 aliphatic carbocycles. The van der Waals surface area contributed by atoms with Gasteiger partial charge in [-0.2, -0.15) is 0 Å². The standard InChI is InChI=1S/C21H24BrNO6/c1-4-10-28-20-15(22)11-14(12-18(20)26-3)21(25)29-13-19(24)23-16-8-6-7-9-17(16)27-5-2/h6-9,11-12H,4-5,10,13H2,1-3H3,(H,23,24). The number of carbonyl (C=O) groups is 2. The summed E-state index contributed by atoms with van der Waals surface area (Å²) in [6.07, 6.45) is 0.834. The predicted octanol–water partition coefficient (Wildman–Crippen LogP) is 4.44. The molecule has 0 spiro atoms. The number of carbonyl (C=O) groups excluding carboxylic acids is 2. The molecule has 29 heavy (non-hydrogen) atoms. The van der Waals surface area contributed by atoms with Crippen LogP contribution in [0.25, 0.3) is 0 Å². The maximum absolute atomic E-state index is 12.4. The van der Waals surface area contributed by atoms with Crippen LogP contribution in [0.5, 0.6) is 17.2 Å². The molecule has 2 aromatic rings. The fraction of sp³-hybridized carbons (Fsp3) is 0.333. The van der Waals surface area contributed by atoms with E-state index in [1.165, 1.54) is 13.2 Å². The quantitative estimate of drug-likeness (QED) is 0.522. The van der Waals surface area contributed by atoms with E-state index in [2.05, 4.69) is 21.2 Å². The van der Waals surface area contributed by atoms with Crippen molar-refractivity contribution in [3.63, 3.8) is 0 Å². The molecule has 1 N–H and O–H groups in total. The molecule has 0 unspecified atom stereocenters. The highest BCUT2D eigenvalue weighted by Crippen LogP contribution is 2.37. The Labute approximate surface area is 178 Å². The van der Waals surface area contributed by atoms with E-state index in [4.69, 9.17) is 18.9 Å². The number of rotatable bonds is 10. The Balaban J connectivity index is 2.02. The van der Waals surface area contributed by atoms with E-state index >= 15 is 0 Å². The van der Waals surface area contributed by atoms with Crippen molar-refractivity contribution in [3.8, 4) is 17.2 Å². The lowest BCUT2D eigenvalue weighted by molar-refractivity contribution is -0.119. The molecule has 0 atom stereocenters. The van der Waals surface area contributed by atoms with Crippen molar-refractivity contribution in [2.24, 2.45) is 0 Å². The van der Waals surface area contributed by atoms with Crippen LogP contribution in [-0.2, 0) is 9.53 Å². The molecule has 0 bridgehead atoms. The van der Waals surface area contributed by atoms with E-state index in [1.807, 2.05) is 13.8 Å². The number of methoxy groups -OCH3 is 1. The highest BCUT2D eigenvalue weighted by Gasteiger charge is 2.18. The Morgan fingerprint density at radius 1 is 1.07 bits per heavy atom. The molecule has 0 heterocycles. The van der Waals surface area contributed by atoms with Crippen LogP contribution in [0.15, 0.2) is 40.9 Å². The molecule has 0 fully saturated rings. The van der Waals surface area contributed by atoms with Gasteiger partial charge < -0.3 is 24.3 Å². The number of amides is 1. The molecule has 0 aliphatic heterocycles. The second-order valence-electron chi connectivity index (χ2n) is 5.89. The average molecular weight is 466 g/mol. The number of benzene rings is 2. The Morgan fingerprint density at radius 2 is 1.83 bits per heavy atom. The van der Waals surface area contributed by atoms with E-state index in [0.717, 1.165) is 6.42 Å². The van der Waals surface area contributed by atoms with Crippen LogP contribution in [0.2, 0.25) is 0 Å². The molecule has 1 amide bonds. The second-order valence-corrected chi connectivity index (χ2v) is 6.75. The van der Waals surface area contributed by atoms with E-state index in [-0.39, 0.29) is 5.56 Å². The zero-order valence-corrected chi connectivity index (χ0v) is 18.2. The molecule has 2 aromatic carbocycles. The maximum Gasteiger partial charge on any atom is 0.338 e. The third kappa shape index (κ3) is 6.39. The molecule has 0 saturated carbocycles. The third-order valence-corrected chi connectivity index (χ3v) is 4.30. The molecule has 0 aromatic heterocycles. The van der Waals surface area contributed by atoms with Crippen molar-refractivity contribution in [3.05, 3.63) is 46.4 Å². The zero-order valence-electron chi connectivity index (χ0n) is 16.6. The van der Waals surface area contributed by atoms with Crippen molar-refractivity contribution < 1.29 is 28.5 Å². The van der Waals surface area contributed by atoms with Gasteiger partial charge >= 0.3 is 5.97 Å². The summed E-state index contributed by atoms with van der Waals surface area (Å²) in [6, 6.07) is 10.1. The lowest BCUT2D eigenvalue weighted by Gasteiger charge is -2.14. The SMILES string of the molecule is CCCOc1c(Br)cc(C(=O)OCC(=O)Nc2ccccc2OCC)cc1OC. The first-order valence-corrected chi connectivity index (χ1v) is 9.98. The van der Waals surface area contributed by atoms with E-state index in [0.29, 0.717) is 40.6 Å². The molecule has 7 nitrogen and oxygen atoms in total. The van der Waals surface area contributed by atoms with Gasteiger partial charge in [0.1, 0.15) is 5.75 Å². The Hall–Kier alpha value is -2.74. The van der Waals surface area contributed by atoms with Gasteiger partial charge in [-0.1, -0.05) is 19.1 Å². The predicted molar refractivity (Wildman–Crippen MR) is 113 cm³/mol. The van der Waals surface area contributed by atoms with E-state index in [9.17, 15) is 9.59 Å². The Bertz CT molecular complexity index is 855. The minimum atomic E-state index is -0.653. The highest BCUT2D eigenvalue weighted by molar-refractivity contribution is 9.10. The first-order valence-electron chi connectivity index (χ1n) is 9.19. The van der Waals surface area contributed by atoms with Gasteiger partial charge in [-0.25, -0.2) is 4.79 Å². The lowest BCUT2D eigenvalue weighted by atomic mass is 10.2. The number of hydrogen-bond donors (Lipinski definition) is 1. The number of ether oxygens (including phenoxy) is 4. The molecule has 0 radical (unpaired) electrons. The van der Waals surface area contributed by atoms with Gasteiger partial charge in [-0.3, -0.25) is 4.79 Å². The fourth-order valence-electron chi connectivity index (χ4n) is 2.43. The molecular weight excluding hydrogens is 442 g/mol. The van der Waals surface area contributed by atoms with Gasteiger partial charge in [0, 0.05) is 0 Å². The molecule has 0 saturated heterocycles. The van der Waals surface area contributed by atoms with Crippen LogP contribution in [0.1, 0.15) is 30.6 Å². The van der Waals surface area contributed by atoms with Crippen LogP contribution in [-0.4, -0.2) is 38.8 Å². The summed E-state index contributed by atoms with van der Waals surface area (Å²) in [7, 11) is 1.49. The summed E-state index contributed by atoms with van der Waals surface area (Å²) in [5.74, 6) is 0.329. The summed E-state index contributed by atoms with van der Waals surface area (Å²) < 4.78 is 22.1. The zero-order chi connectivity index (χ0) is 21.2. The van der Waals surface area contributed by atoms with Gasteiger partial charge in [0.15, 0.2) is 18.1 Å². The monoisotopic (exact) mass is 465 g/mol.